The van der Waals surface area contributed by atoms with Crippen molar-refractivity contribution in [1.82, 2.24) is 5.32 Å². The number of hydrogen-bond acceptors (Lipinski definition) is 3. The predicted molar refractivity (Wildman–Crippen MR) is 85.3 cm³/mol. The minimum absolute atomic E-state index is 0.0355. The number of aryl methyl sites for hydroxylation is 1. The van der Waals surface area contributed by atoms with Crippen LogP contribution in [0.25, 0.3) is 0 Å². The molecular weight excluding hydrogens is 268 g/mol. The zero-order valence-electron chi connectivity index (χ0n) is 12.1. The van der Waals surface area contributed by atoms with Crippen LogP contribution in [-0.2, 0) is 11.2 Å². The van der Waals surface area contributed by atoms with Gasteiger partial charge in [-0.1, -0.05) is 12.1 Å². The van der Waals surface area contributed by atoms with Crippen LogP contribution in [-0.4, -0.2) is 13.0 Å². The van der Waals surface area contributed by atoms with Gasteiger partial charge in [-0.2, -0.15) is 0 Å². The molecule has 20 heavy (non-hydrogen) atoms. The normalized spacial score (nSPS) is 11.9. The number of amides is 1. The number of carbonyl (C=O) groups is 1. The van der Waals surface area contributed by atoms with Crippen LogP contribution in [0.15, 0.2) is 35.7 Å². The highest BCUT2D eigenvalue weighted by molar-refractivity contribution is 7.10. The molecule has 0 radical (unpaired) electrons. The fourth-order valence-electron chi connectivity index (χ4n) is 2.14. The molecule has 1 aromatic carbocycles. The van der Waals surface area contributed by atoms with Gasteiger partial charge in [-0.3, -0.25) is 4.79 Å². The molecule has 0 aliphatic heterocycles. The molecule has 0 saturated carbocycles. The summed E-state index contributed by atoms with van der Waals surface area (Å²) in [5.41, 5.74) is 3.42. The standard InChI is InChI=1S/C16H20N2OS/c1-11-8-9-20-16(11)12(2)18-14-6-4-13(5-7-14)10-15(19)17-3/h4-9,12,18H,10H2,1-3H3,(H,17,19). The van der Waals surface area contributed by atoms with E-state index in [2.05, 4.69) is 35.9 Å². The number of carbonyl (C=O) groups excluding carboxylic acids is 1. The highest BCUT2D eigenvalue weighted by atomic mass is 32.1. The van der Waals surface area contributed by atoms with Crippen molar-refractivity contribution >= 4 is 22.9 Å². The van der Waals surface area contributed by atoms with Crippen molar-refractivity contribution in [2.45, 2.75) is 26.3 Å². The number of nitrogens with one attached hydrogen (secondary N) is 2. The molecule has 1 heterocycles. The fraction of sp³-hybridized carbons (Fsp3) is 0.312. The van der Waals surface area contributed by atoms with Crippen LogP contribution in [0.3, 0.4) is 0 Å². The van der Waals surface area contributed by atoms with E-state index in [9.17, 15) is 4.79 Å². The summed E-state index contributed by atoms with van der Waals surface area (Å²) in [6.45, 7) is 4.30. The van der Waals surface area contributed by atoms with Gasteiger partial charge in [0.05, 0.1) is 12.5 Å². The van der Waals surface area contributed by atoms with Crippen molar-refractivity contribution in [2.75, 3.05) is 12.4 Å². The second-order valence-electron chi connectivity index (χ2n) is 4.88. The van der Waals surface area contributed by atoms with Crippen molar-refractivity contribution < 1.29 is 4.79 Å². The van der Waals surface area contributed by atoms with Crippen molar-refractivity contribution in [3.63, 3.8) is 0 Å². The largest absolute Gasteiger partial charge is 0.378 e. The van der Waals surface area contributed by atoms with E-state index in [4.69, 9.17) is 0 Å². The number of benzene rings is 1. The Balaban J connectivity index is 2.00. The lowest BCUT2D eigenvalue weighted by atomic mass is 10.1. The average Bonchev–Trinajstić information content (AvgIpc) is 2.87. The number of hydrogen-bond donors (Lipinski definition) is 2. The Kier molecular flexibility index (Phi) is 4.79. The lowest BCUT2D eigenvalue weighted by molar-refractivity contribution is -0.119. The van der Waals surface area contributed by atoms with Gasteiger partial charge < -0.3 is 10.6 Å². The zero-order valence-corrected chi connectivity index (χ0v) is 12.9. The van der Waals surface area contributed by atoms with E-state index in [-0.39, 0.29) is 5.91 Å². The first-order valence-corrected chi connectivity index (χ1v) is 7.58. The average molecular weight is 288 g/mol. The molecule has 1 atom stereocenters. The van der Waals surface area contributed by atoms with E-state index in [1.165, 1.54) is 10.4 Å². The molecule has 106 valence electrons. The van der Waals surface area contributed by atoms with Gasteiger partial charge in [-0.05, 0) is 48.6 Å². The summed E-state index contributed by atoms with van der Waals surface area (Å²) in [5.74, 6) is 0.0355. The predicted octanol–water partition coefficient (Wildman–Crippen LogP) is 3.52. The summed E-state index contributed by atoms with van der Waals surface area (Å²) in [5, 5.41) is 8.24. The van der Waals surface area contributed by atoms with Gasteiger partial charge in [-0.25, -0.2) is 0 Å². The Hall–Kier alpha value is -1.81. The van der Waals surface area contributed by atoms with Crippen molar-refractivity contribution in [3.05, 3.63) is 51.7 Å². The molecule has 0 fully saturated rings. The van der Waals surface area contributed by atoms with Gasteiger partial charge in [0, 0.05) is 17.6 Å². The first-order valence-electron chi connectivity index (χ1n) is 6.70. The summed E-state index contributed by atoms with van der Waals surface area (Å²) in [6.07, 6.45) is 0.427. The van der Waals surface area contributed by atoms with E-state index in [0.29, 0.717) is 12.5 Å². The topological polar surface area (TPSA) is 41.1 Å². The van der Waals surface area contributed by atoms with E-state index >= 15 is 0 Å². The van der Waals surface area contributed by atoms with Crippen molar-refractivity contribution in [3.8, 4) is 0 Å². The molecule has 0 saturated heterocycles. The van der Waals surface area contributed by atoms with Gasteiger partial charge in [0.2, 0.25) is 5.91 Å². The maximum Gasteiger partial charge on any atom is 0.224 e. The molecule has 0 spiro atoms. The van der Waals surface area contributed by atoms with Crippen molar-refractivity contribution in [2.24, 2.45) is 0 Å². The van der Waals surface area contributed by atoms with Crippen LogP contribution < -0.4 is 10.6 Å². The highest BCUT2D eigenvalue weighted by Gasteiger charge is 2.09. The van der Waals surface area contributed by atoms with Gasteiger partial charge in [0.1, 0.15) is 0 Å². The number of thiophene rings is 1. The van der Waals surface area contributed by atoms with E-state index in [1.54, 1.807) is 18.4 Å². The summed E-state index contributed by atoms with van der Waals surface area (Å²) in [4.78, 5) is 12.7. The van der Waals surface area contributed by atoms with Crippen LogP contribution in [0.4, 0.5) is 5.69 Å². The molecule has 2 N–H and O–H groups in total. The summed E-state index contributed by atoms with van der Waals surface area (Å²) >= 11 is 1.78. The van der Waals surface area contributed by atoms with Crippen LogP contribution in [0, 0.1) is 6.92 Å². The summed E-state index contributed by atoms with van der Waals surface area (Å²) in [7, 11) is 1.66. The lowest BCUT2D eigenvalue weighted by Crippen LogP contribution is -2.19. The number of rotatable bonds is 5. The quantitative estimate of drug-likeness (QED) is 0.884. The molecule has 1 unspecified atom stereocenters. The lowest BCUT2D eigenvalue weighted by Gasteiger charge is -2.15. The maximum absolute atomic E-state index is 11.3. The van der Waals surface area contributed by atoms with Crippen LogP contribution in [0.1, 0.15) is 29.0 Å². The van der Waals surface area contributed by atoms with Crippen LogP contribution in [0.5, 0.6) is 0 Å². The van der Waals surface area contributed by atoms with Gasteiger partial charge >= 0.3 is 0 Å². The Bertz CT molecular complexity index is 574. The Labute approximate surface area is 124 Å². The molecule has 0 bridgehead atoms. The SMILES string of the molecule is CNC(=O)Cc1ccc(NC(C)c2sccc2C)cc1. The van der Waals surface area contributed by atoms with E-state index in [1.807, 2.05) is 24.3 Å². The molecule has 2 aromatic rings. The molecule has 4 heteroatoms. The minimum Gasteiger partial charge on any atom is -0.378 e. The molecule has 1 amide bonds. The smallest absolute Gasteiger partial charge is 0.224 e. The molecule has 0 aliphatic rings. The first-order chi connectivity index (χ1) is 9.60. The first kappa shape index (κ1) is 14.6. The third kappa shape index (κ3) is 3.61. The molecule has 1 aromatic heterocycles. The third-order valence-electron chi connectivity index (χ3n) is 3.28. The van der Waals surface area contributed by atoms with Crippen LogP contribution in [0.2, 0.25) is 0 Å². The highest BCUT2D eigenvalue weighted by Crippen LogP contribution is 2.26. The molecule has 3 nitrogen and oxygen atoms in total. The minimum atomic E-state index is 0.0355. The van der Waals surface area contributed by atoms with Gasteiger partial charge in [-0.15, -0.1) is 11.3 Å². The maximum atomic E-state index is 11.3. The Morgan fingerprint density at radius 1 is 1.25 bits per heavy atom. The monoisotopic (exact) mass is 288 g/mol. The van der Waals surface area contributed by atoms with Gasteiger partial charge in [0.15, 0.2) is 0 Å². The van der Waals surface area contributed by atoms with Crippen LogP contribution >= 0.6 is 11.3 Å². The molecule has 0 aliphatic carbocycles. The van der Waals surface area contributed by atoms with Gasteiger partial charge in [0.25, 0.3) is 0 Å². The molecule has 2 rings (SSSR count). The van der Waals surface area contributed by atoms with E-state index < -0.39 is 0 Å². The fourth-order valence-corrected chi connectivity index (χ4v) is 3.07. The Morgan fingerprint density at radius 2 is 1.95 bits per heavy atom. The second kappa shape index (κ2) is 6.57. The number of likely N-dealkylation sites (N-methyl/N-ethyl adjacent to an activating group) is 1. The summed E-state index contributed by atoms with van der Waals surface area (Å²) < 4.78 is 0. The van der Waals surface area contributed by atoms with E-state index in [0.717, 1.165) is 11.3 Å². The molecular formula is C16H20N2OS. The zero-order chi connectivity index (χ0) is 14.5. The second-order valence-corrected chi connectivity index (χ2v) is 5.83. The number of anilines is 1. The summed E-state index contributed by atoms with van der Waals surface area (Å²) in [6, 6.07) is 10.5. The third-order valence-corrected chi connectivity index (χ3v) is 4.48. The van der Waals surface area contributed by atoms with Crippen molar-refractivity contribution in [1.29, 1.82) is 0 Å². The Morgan fingerprint density at radius 3 is 2.50 bits per heavy atom.